The number of hydrogen-bond donors (Lipinski definition) is 1. The molecule has 1 fully saturated rings. The molecule has 1 unspecified atom stereocenters. The van der Waals surface area contributed by atoms with Crippen LogP contribution in [0.2, 0.25) is 0 Å². The van der Waals surface area contributed by atoms with Crippen LogP contribution in [0.3, 0.4) is 0 Å². The molecule has 1 heterocycles. The minimum absolute atomic E-state index is 0.0115. The van der Waals surface area contributed by atoms with Crippen molar-refractivity contribution >= 4 is 11.9 Å². The zero-order valence-electron chi connectivity index (χ0n) is 11.7. The number of amides is 1. The Bertz CT molecular complexity index is 455. The fourth-order valence-corrected chi connectivity index (χ4v) is 2.35. The lowest BCUT2D eigenvalue weighted by molar-refractivity contribution is -0.148. The largest absolute Gasteiger partial charge is 0.468 e. The lowest BCUT2D eigenvalue weighted by Gasteiger charge is -2.24. The van der Waals surface area contributed by atoms with Crippen molar-refractivity contribution < 1.29 is 14.3 Å². The van der Waals surface area contributed by atoms with Crippen LogP contribution in [0.25, 0.3) is 0 Å². The monoisotopic (exact) mass is 276 g/mol. The zero-order chi connectivity index (χ0) is 14.4. The van der Waals surface area contributed by atoms with E-state index in [1.165, 1.54) is 7.11 Å². The summed E-state index contributed by atoms with van der Waals surface area (Å²) in [6.07, 6.45) is 1.82. The summed E-state index contributed by atoms with van der Waals surface area (Å²) < 4.78 is 4.68. The second-order valence-corrected chi connectivity index (χ2v) is 4.90. The first-order valence-corrected chi connectivity index (χ1v) is 6.83. The van der Waals surface area contributed by atoms with Gasteiger partial charge in [0.15, 0.2) is 0 Å². The van der Waals surface area contributed by atoms with E-state index in [4.69, 9.17) is 0 Å². The highest BCUT2D eigenvalue weighted by molar-refractivity contribution is 5.86. The predicted molar refractivity (Wildman–Crippen MR) is 74.9 cm³/mol. The zero-order valence-corrected chi connectivity index (χ0v) is 11.7. The molecule has 1 aromatic carbocycles. The molecule has 0 bridgehead atoms. The van der Waals surface area contributed by atoms with Gasteiger partial charge in [-0.2, -0.15) is 0 Å². The number of nitrogens with one attached hydrogen (secondary N) is 1. The summed E-state index contributed by atoms with van der Waals surface area (Å²) in [6, 6.07) is 9.48. The van der Waals surface area contributed by atoms with E-state index in [9.17, 15) is 9.59 Å². The molecule has 5 heteroatoms. The molecule has 5 nitrogen and oxygen atoms in total. The molecular formula is C15H20N2O3. The highest BCUT2D eigenvalue weighted by atomic mass is 16.5. The van der Waals surface area contributed by atoms with Crippen LogP contribution >= 0.6 is 0 Å². The summed E-state index contributed by atoms with van der Waals surface area (Å²) in [5.74, 6) is -0.427. The molecule has 1 N–H and O–H groups in total. The molecule has 108 valence electrons. The number of rotatable bonds is 5. The first kappa shape index (κ1) is 14.5. The number of carbonyl (C=O) groups is 2. The Labute approximate surface area is 118 Å². The highest BCUT2D eigenvalue weighted by Gasteiger charge is 2.28. The van der Waals surface area contributed by atoms with Crippen molar-refractivity contribution in [2.75, 3.05) is 20.2 Å². The average molecular weight is 276 g/mol. The van der Waals surface area contributed by atoms with Crippen LogP contribution in [0.5, 0.6) is 0 Å². The molecule has 1 saturated heterocycles. The van der Waals surface area contributed by atoms with Crippen molar-refractivity contribution in [1.82, 2.24) is 10.2 Å². The van der Waals surface area contributed by atoms with E-state index in [2.05, 4.69) is 10.1 Å². The van der Waals surface area contributed by atoms with E-state index >= 15 is 0 Å². The topological polar surface area (TPSA) is 58.6 Å². The van der Waals surface area contributed by atoms with Crippen LogP contribution in [0, 0.1) is 0 Å². The van der Waals surface area contributed by atoms with E-state index in [1.807, 2.05) is 30.3 Å². The molecule has 1 aliphatic heterocycles. The maximum Gasteiger partial charge on any atom is 0.325 e. The van der Waals surface area contributed by atoms with E-state index in [0.717, 1.165) is 24.9 Å². The van der Waals surface area contributed by atoms with Gasteiger partial charge in [0.2, 0.25) is 5.91 Å². The molecule has 1 aromatic rings. The summed E-state index contributed by atoms with van der Waals surface area (Å²) in [5, 5.41) is 3.17. The van der Waals surface area contributed by atoms with E-state index in [-0.39, 0.29) is 18.5 Å². The second kappa shape index (κ2) is 7.05. The van der Waals surface area contributed by atoms with Gasteiger partial charge in [0.25, 0.3) is 0 Å². The third-order valence-corrected chi connectivity index (χ3v) is 3.43. The standard InChI is InChI=1S/C15H20N2O3/c1-20-14(18)11-17(10-12-6-3-2-4-7-12)15(19)13-8-5-9-16-13/h2-4,6-7,13,16H,5,8-11H2,1H3. The molecular weight excluding hydrogens is 256 g/mol. The van der Waals surface area contributed by atoms with Crippen LogP contribution in [0.4, 0.5) is 0 Å². The summed E-state index contributed by atoms with van der Waals surface area (Å²) >= 11 is 0. The maximum atomic E-state index is 12.5. The summed E-state index contributed by atoms with van der Waals surface area (Å²) in [4.78, 5) is 25.5. The number of nitrogens with zero attached hydrogens (tertiary/aromatic N) is 1. The molecule has 0 spiro atoms. The lowest BCUT2D eigenvalue weighted by Crippen LogP contribution is -2.45. The maximum absolute atomic E-state index is 12.5. The lowest BCUT2D eigenvalue weighted by atomic mass is 10.1. The van der Waals surface area contributed by atoms with Gasteiger partial charge < -0.3 is 15.0 Å². The minimum Gasteiger partial charge on any atom is -0.468 e. The highest BCUT2D eigenvalue weighted by Crippen LogP contribution is 2.12. The van der Waals surface area contributed by atoms with Gasteiger partial charge in [-0.05, 0) is 24.9 Å². The van der Waals surface area contributed by atoms with E-state index in [1.54, 1.807) is 4.90 Å². The second-order valence-electron chi connectivity index (χ2n) is 4.90. The Morgan fingerprint density at radius 2 is 2.10 bits per heavy atom. The number of carbonyl (C=O) groups excluding carboxylic acids is 2. The van der Waals surface area contributed by atoms with Gasteiger partial charge in [-0.15, -0.1) is 0 Å². The van der Waals surface area contributed by atoms with Crippen LogP contribution in [-0.2, 0) is 20.9 Å². The molecule has 1 amide bonds. The minimum atomic E-state index is -0.396. The predicted octanol–water partition coefficient (Wildman–Crippen LogP) is 0.940. The van der Waals surface area contributed by atoms with Crippen molar-refractivity contribution in [1.29, 1.82) is 0 Å². The Morgan fingerprint density at radius 3 is 2.70 bits per heavy atom. The first-order valence-electron chi connectivity index (χ1n) is 6.83. The first-order chi connectivity index (χ1) is 9.70. The van der Waals surface area contributed by atoms with Crippen molar-refractivity contribution in [3.05, 3.63) is 35.9 Å². The molecule has 1 atom stereocenters. The van der Waals surface area contributed by atoms with Crippen molar-refractivity contribution in [2.45, 2.75) is 25.4 Å². The summed E-state index contributed by atoms with van der Waals surface area (Å²) in [5.41, 5.74) is 1.00. The normalized spacial score (nSPS) is 17.8. The molecule has 0 aromatic heterocycles. The summed E-state index contributed by atoms with van der Waals surface area (Å²) in [6.45, 7) is 1.27. The van der Waals surface area contributed by atoms with Gasteiger partial charge >= 0.3 is 5.97 Å². The van der Waals surface area contributed by atoms with Crippen LogP contribution < -0.4 is 5.32 Å². The van der Waals surface area contributed by atoms with E-state index < -0.39 is 5.97 Å². The fourth-order valence-electron chi connectivity index (χ4n) is 2.35. The van der Waals surface area contributed by atoms with Gasteiger partial charge in [0, 0.05) is 6.54 Å². The van der Waals surface area contributed by atoms with Crippen LogP contribution in [0.15, 0.2) is 30.3 Å². The van der Waals surface area contributed by atoms with Gasteiger partial charge in [-0.25, -0.2) is 0 Å². The van der Waals surface area contributed by atoms with Crippen LogP contribution in [-0.4, -0.2) is 43.0 Å². The summed E-state index contributed by atoms with van der Waals surface area (Å²) in [7, 11) is 1.33. The van der Waals surface area contributed by atoms with E-state index in [0.29, 0.717) is 6.54 Å². The quantitative estimate of drug-likeness (QED) is 0.813. The number of benzene rings is 1. The Hall–Kier alpha value is -1.88. The number of methoxy groups -OCH3 is 1. The van der Waals surface area contributed by atoms with Gasteiger partial charge in [-0.1, -0.05) is 30.3 Å². The smallest absolute Gasteiger partial charge is 0.325 e. The SMILES string of the molecule is COC(=O)CN(Cc1ccccc1)C(=O)C1CCCN1. The Balaban J connectivity index is 2.07. The van der Waals surface area contributed by atoms with Gasteiger partial charge in [-0.3, -0.25) is 9.59 Å². The molecule has 1 aliphatic rings. The number of hydrogen-bond acceptors (Lipinski definition) is 4. The average Bonchev–Trinajstić information content (AvgIpc) is 3.01. The molecule has 2 rings (SSSR count). The Morgan fingerprint density at radius 1 is 1.35 bits per heavy atom. The molecule has 0 aliphatic carbocycles. The third-order valence-electron chi connectivity index (χ3n) is 3.43. The Kier molecular flexibility index (Phi) is 5.12. The number of esters is 1. The fraction of sp³-hybridized carbons (Fsp3) is 0.467. The van der Waals surface area contributed by atoms with Gasteiger partial charge in [0.1, 0.15) is 6.54 Å². The van der Waals surface area contributed by atoms with Crippen molar-refractivity contribution in [3.8, 4) is 0 Å². The van der Waals surface area contributed by atoms with Crippen molar-refractivity contribution in [2.24, 2.45) is 0 Å². The van der Waals surface area contributed by atoms with Gasteiger partial charge in [0.05, 0.1) is 13.2 Å². The molecule has 0 radical (unpaired) electrons. The molecule has 0 saturated carbocycles. The molecule has 20 heavy (non-hydrogen) atoms. The van der Waals surface area contributed by atoms with Crippen LogP contribution in [0.1, 0.15) is 18.4 Å². The number of ether oxygens (including phenoxy) is 1. The van der Waals surface area contributed by atoms with Crippen molar-refractivity contribution in [3.63, 3.8) is 0 Å². The third kappa shape index (κ3) is 3.81.